The monoisotopic (exact) mass is 1270 g/mol. The van der Waals surface area contributed by atoms with Crippen LogP contribution < -0.4 is 0 Å². The predicted molar refractivity (Wildman–Crippen MR) is 194 cm³/mol. The first-order valence-electron chi connectivity index (χ1n) is 9.67. The van der Waals surface area contributed by atoms with Crippen LogP contribution in [0.4, 0.5) is 0 Å². The van der Waals surface area contributed by atoms with Gasteiger partial charge in [0.1, 0.15) is 0 Å². The first kappa shape index (κ1) is 110. The van der Waals surface area contributed by atoms with Crippen molar-refractivity contribution < 1.29 is 225 Å². The van der Waals surface area contributed by atoms with Gasteiger partial charge in [0.15, 0.2) is 0 Å². The fourth-order valence-corrected chi connectivity index (χ4v) is 0. The van der Waals surface area contributed by atoms with Crippen molar-refractivity contribution in [2.45, 2.75) is 6.92 Å². The molecule has 0 saturated heterocycles. The molecule has 0 spiro atoms. The van der Waals surface area contributed by atoms with Crippen LogP contribution in [-0.2, 0) is 73.3 Å². The second-order valence-electron chi connectivity index (χ2n) is 4.31. The van der Waals surface area contributed by atoms with Crippen molar-refractivity contribution in [2.24, 2.45) is 0 Å². The minimum atomic E-state index is -2.87. The van der Waals surface area contributed by atoms with Gasteiger partial charge in [0, 0.05) is 75.4 Å². The van der Waals surface area contributed by atoms with Gasteiger partial charge in [-0.25, -0.2) is 0 Å². The summed E-state index contributed by atoms with van der Waals surface area (Å²) in [6.07, 6.45) is 0. The zero-order chi connectivity index (χ0) is 57.2. The van der Waals surface area contributed by atoms with Crippen molar-refractivity contribution in [3.8, 4) is 0 Å². The molecule has 0 rings (SSSR count). The molecule has 0 aromatic rings. The maximum atomic E-state index is 9.00. The van der Waals surface area contributed by atoms with Gasteiger partial charge in [0.25, 0.3) is 5.97 Å². The summed E-state index contributed by atoms with van der Waals surface area (Å²) in [6.45, 7) is 1.08. The third-order valence-electron chi connectivity index (χ3n) is 0. The number of hydrogen-bond donors (Lipinski definition) is 31. The SMILES string of the molecule is CC(=O)O.O=[P+](O)O.O=[P+](O)O.O=[P+](O)O.O=[P+](O)O.O=[P+](O)O.O=[P+](O)O.O=[P+](O)O.O=[P+](O)O.O=[P+](O)O.O=[P+](O)O.O=[P+](O)O.O=[P+](O)O.O=[P+](O)O.O=[P+](O)O.O=[P+](O)O. The average molecular weight is 1270 g/mol. The van der Waals surface area contributed by atoms with Gasteiger partial charge in [0.2, 0.25) is 0 Å². The Hall–Kier alpha value is -0.230. The normalized spacial score (nSPS) is 6.48. The highest BCUT2D eigenvalue weighted by Crippen LogP contribution is 2.03. The summed E-state index contributed by atoms with van der Waals surface area (Å²) in [4.78, 5) is 223. The van der Waals surface area contributed by atoms with Crippen molar-refractivity contribution in [1.82, 2.24) is 0 Å². The van der Waals surface area contributed by atoms with E-state index < -0.39 is 130 Å². The number of aliphatic carboxylic acids is 1. The molecule has 0 amide bonds. The molecule has 0 heterocycles. The maximum absolute atomic E-state index is 9.00. The third kappa shape index (κ3) is 4310000. The molecule has 384 valence electrons. The number of carboxylic acids is 1. The van der Waals surface area contributed by atoms with Gasteiger partial charge in [-0.2, -0.15) is 0 Å². The predicted octanol–water partition coefficient (Wildman–Crippen LogP) is -5.48. The van der Waals surface area contributed by atoms with Crippen LogP contribution in [-0.4, -0.2) is 158 Å². The van der Waals surface area contributed by atoms with Crippen molar-refractivity contribution in [2.75, 3.05) is 0 Å². The Labute approximate surface area is 361 Å². The Morgan fingerprint density at radius 2 is 0.188 bits per heavy atom. The lowest BCUT2D eigenvalue weighted by molar-refractivity contribution is -0.134. The lowest BCUT2D eigenvalue weighted by Crippen LogP contribution is -1.78. The fourth-order valence-electron chi connectivity index (χ4n) is 0. The van der Waals surface area contributed by atoms with Crippen LogP contribution in [0.25, 0.3) is 0 Å². The highest BCUT2D eigenvalue weighted by molar-refractivity contribution is 7.33. The van der Waals surface area contributed by atoms with E-state index in [-0.39, 0.29) is 0 Å². The Balaban J connectivity index is -0.0000000274. The van der Waals surface area contributed by atoms with Gasteiger partial charge in [-0.1, -0.05) is 0 Å². The van der Waals surface area contributed by atoms with Crippen LogP contribution in [0, 0.1) is 0 Å². The summed E-state index contributed by atoms with van der Waals surface area (Å²) < 4.78 is 131. The van der Waals surface area contributed by atoms with Crippen LogP contribution in [0.2, 0.25) is 0 Å². The molecule has 0 saturated carbocycles. The van der Waals surface area contributed by atoms with E-state index in [1.807, 2.05) is 0 Å². The second kappa shape index (κ2) is 105. The standard InChI is InChI=1S/C2H4O2.15HO3P/c1-2(3)4;15*1-4(2)3/h1H3,(H,3,4);15*(H-,1,2,3)/p+15. The molecule has 0 aromatic heterocycles. The maximum Gasteiger partial charge on any atom is 0.692 e. The van der Waals surface area contributed by atoms with E-state index in [1.54, 1.807) is 0 Å². The fraction of sp³-hybridized carbons (Fsp3) is 0.500. The van der Waals surface area contributed by atoms with Gasteiger partial charge in [-0.3, -0.25) is 4.79 Å². The van der Waals surface area contributed by atoms with Gasteiger partial charge in [-0.15, -0.1) is 147 Å². The molecule has 0 aliphatic carbocycles. The quantitative estimate of drug-likeness (QED) is 0.101. The number of rotatable bonds is 0. The summed E-state index contributed by atoms with van der Waals surface area (Å²) in [5.41, 5.74) is 0. The molecule has 0 radical (unpaired) electrons. The van der Waals surface area contributed by atoms with E-state index in [0.29, 0.717) is 0 Å². The smallest absolute Gasteiger partial charge is 0.481 e. The average Bonchev–Trinajstić information content (AvgIpc) is 2.83. The van der Waals surface area contributed by atoms with Crippen LogP contribution in [0.3, 0.4) is 0 Å². The summed E-state index contributed by atoms with van der Waals surface area (Å²) >= 11 is 0. The molecule has 0 bridgehead atoms. The minimum absolute atomic E-state index is 0.833. The molecular formula is C2H34O47P15+15. The topological polar surface area (TPSA) is 900 Å². The van der Waals surface area contributed by atoms with E-state index in [0.717, 1.165) is 6.92 Å². The molecule has 31 N–H and O–H groups in total. The molecule has 0 unspecified atom stereocenters. The highest BCUT2D eigenvalue weighted by atomic mass is 31.2. The molecule has 47 nitrogen and oxygen atoms in total. The number of hydrogen-bond acceptors (Lipinski definition) is 16. The van der Waals surface area contributed by atoms with Crippen molar-refractivity contribution in [1.29, 1.82) is 0 Å². The minimum Gasteiger partial charge on any atom is -0.481 e. The molecule has 0 aliphatic rings. The zero-order valence-electron chi connectivity index (χ0n) is 28.6. The molecule has 0 aromatic carbocycles. The lowest BCUT2D eigenvalue weighted by Gasteiger charge is -1.59. The van der Waals surface area contributed by atoms with Crippen LogP contribution in [0.5, 0.6) is 0 Å². The lowest BCUT2D eigenvalue weighted by atomic mass is 10.9. The summed E-state index contributed by atoms with van der Waals surface area (Å²) in [5.74, 6) is -0.833. The number of carbonyl (C=O) groups is 1. The second-order valence-corrected chi connectivity index (χ2v) is 11.9. The van der Waals surface area contributed by atoms with Crippen molar-refractivity contribution in [3.63, 3.8) is 0 Å². The molecule has 64 heavy (non-hydrogen) atoms. The van der Waals surface area contributed by atoms with Crippen molar-refractivity contribution in [3.05, 3.63) is 0 Å². The molecule has 0 atom stereocenters. The van der Waals surface area contributed by atoms with Crippen LogP contribution in [0.15, 0.2) is 0 Å². The summed E-state index contributed by atoms with van der Waals surface area (Å²) in [6, 6.07) is 0. The molecule has 0 aliphatic heterocycles. The van der Waals surface area contributed by atoms with E-state index >= 15 is 0 Å². The van der Waals surface area contributed by atoms with E-state index in [1.165, 1.54) is 0 Å². The Bertz CT molecular complexity index is 815. The Morgan fingerprint density at radius 1 is 0.188 bits per heavy atom. The van der Waals surface area contributed by atoms with Crippen LogP contribution >= 0.6 is 124 Å². The van der Waals surface area contributed by atoms with E-state index in [9.17, 15) is 0 Å². The Morgan fingerprint density at radius 3 is 0.188 bits per heavy atom. The Kier molecular flexibility index (Phi) is 181. The largest absolute Gasteiger partial charge is 0.692 e. The van der Waals surface area contributed by atoms with E-state index in [2.05, 4.69) is 0 Å². The summed E-state index contributed by atoms with van der Waals surface area (Å²) in [7, 11) is -43.1. The first-order chi connectivity index (χ1) is 27.7. The van der Waals surface area contributed by atoms with Gasteiger partial charge in [-0.05, 0) is 0 Å². The first-order valence-corrected chi connectivity index (χ1v) is 27.1. The summed E-state index contributed by atoms with van der Waals surface area (Å²) in [5, 5.41) is 7.42. The van der Waals surface area contributed by atoms with Crippen molar-refractivity contribution >= 4 is 130 Å². The highest BCUT2D eigenvalue weighted by Gasteiger charge is 1.97. The number of carboxylic acid groups (broad SMARTS) is 1. The molecule has 0 fully saturated rings. The van der Waals surface area contributed by atoms with Gasteiger partial charge < -0.3 is 5.11 Å². The molecular weight excluding hydrogens is 1240 g/mol. The van der Waals surface area contributed by atoms with Gasteiger partial charge >= 0.3 is 124 Å². The third-order valence-corrected chi connectivity index (χ3v) is 0. The molecule has 62 heteroatoms. The zero-order valence-corrected chi connectivity index (χ0v) is 42.0. The van der Waals surface area contributed by atoms with E-state index in [4.69, 9.17) is 225 Å². The van der Waals surface area contributed by atoms with Gasteiger partial charge in [0.05, 0.1) is 0 Å². The van der Waals surface area contributed by atoms with Crippen LogP contribution in [0.1, 0.15) is 6.92 Å².